The minimum atomic E-state index is -0.405. The highest BCUT2D eigenvalue weighted by molar-refractivity contribution is 5.71. The van der Waals surface area contributed by atoms with Gasteiger partial charge in [-0.2, -0.15) is 0 Å². The molecule has 0 aliphatic carbocycles. The number of ether oxygens (including phenoxy) is 1. The van der Waals surface area contributed by atoms with Crippen LogP contribution in [0, 0.1) is 16.0 Å². The van der Waals surface area contributed by atoms with Crippen LogP contribution in [0.5, 0.6) is 0 Å². The standard InChI is InChI=1S/C12H15NO4/c1-9(12(14)17-2)7-8-10-5-3-4-6-11(10)13(15)16/h3-6,9H,7-8H2,1-2H3. The van der Waals surface area contributed by atoms with Crippen LogP contribution in [0.4, 0.5) is 5.69 Å². The highest BCUT2D eigenvalue weighted by Crippen LogP contribution is 2.21. The molecule has 1 unspecified atom stereocenters. The molecule has 0 fully saturated rings. The second-order valence-electron chi connectivity index (χ2n) is 3.85. The average molecular weight is 237 g/mol. The van der Waals surface area contributed by atoms with Gasteiger partial charge in [0.2, 0.25) is 0 Å². The number of nitro groups is 1. The third-order valence-electron chi connectivity index (χ3n) is 2.64. The zero-order chi connectivity index (χ0) is 12.8. The molecule has 0 bridgehead atoms. The molecule has 1 aromatic carbocycles. The number of nitrogens with zero attached hydrogens (tertiary/aromatic N) is 1. The van der Waals surface area contributed by atoms with Gasteiger partial charge in [0, 0.05) is 11.6 Å². The van der Waals surface area contributed by atoms with Crippen molar-refractivity contribution in [3.8, 4) is 0 Å². The normalized spacial score (nSPS) is 11.9. The summed E-state index contributed by atoms with van der Waals surface area (Å²) in [7, 11) is 1.34. The molecule has 1 atom stereocenters. The van der Waals surface area contributed by atoms with Gasteiger partial charge in [-0.1, -0.05) is 25.1 Å². The number of nitro benzene ring substituents is 1. The molecule has 0 amide bonds. The molecule has 0 spiro atoms. The Labute approximate surface area is 99.5 Å². The highest BCUT2D eigenvalue weighted by Gasteiger charge is 2.16. The third-order valence-corrected chi connectivity index (χ3v) is 2.64. The minimum absolute atomic E-state index is 0.101. The molecule has 5 heteroatoms. The summed E-state index contributed by atoms with van der Waals surface area (Å²) in [6.45, 7) is 1.75. The Kier molecular flexibility index (Phi) is 4.63. The van der Waals surface area contributed by atoms with Gasteiger partial charge in [0.15, 0.2) is 0 Å². The molecule has 5 nitrogen and oxygen atoms in total. The molecule has 0 aromatic heterocycles. The van der Waals surface area contributed by atoms with Crippen LogP contribution in [0.2, 0.25) is 0 Å². The van der Waals surface area contributed by atoms with E-state index < -0.39 is 4.92 Å². The fraction of sp³-hybridized carbons (Fsp3) is 0.417. The quantitative estimate of drug-likeness (QED) is 0.447. The minimum Gasteiger partial charge on any atom is -0.469 e. The lowest BCUT2D eigenvalue weighted by atomic mass is 10.0. The van der Waals surface area contributed by atoms with Gasteiger partial charge in [0.05, 0.1) is 18.0 Å². The lowest BCUT2D eigenvalue weighted by Crippen LogP contribution is -2.13. The van der Waals surface area contributed by atoms with Crippen LogP contribution < -0.4 is 0 Å². The molecule has 1 rings (SSSR count). The molecule has 0 aliphatic heterocycles. The molecule has 1 aromatic rings. The van der Waals surface area contributed by atoms with Gasteiger partial charge in [-0.05, 0) is 12.8 Å². The summed E-state index contributed by atoms with van der Waals surface area (Å²) in [6, 6.07) is 6.57. The maximum atomic E-state index is 11.2. The van der Waals surface area contributed by atoms with E-state index in [1.165, 1.54) is 13.2 Å². The number of methoxy groups -OCH3 is 1. The Hall–Kier alpha value is -1.91. The van der Waals surface area contributed by atoms with E-state index in [2.05, 4.69) is 4.74 Å². The molecule has 0 aliphatic rings. The zero-order valence-corrected chi connectivity index (χ0v) is 9.88. The fourth-order valence-corrected chi connectivity index (χ4v) is 1.59. The van der Waals surface area contributed by atoms with Crippen LogP contribution in [0.25, 0.3) is 0 Å². The van der Waals surface area contributed by atoms with Crippen molar-refractivity contribution in [2.75, 3.05) is 7.11 Å². The average Bonchev–Trinajstić information content (AvgIpc) is 2.35. The van der Waals surface area contributed by atoms with Gasteiger partial charge in [0.1, 0.15) is 0 Å². The number of benzene rings is 1. The number of rotatable bonds is 5. The van der Waals surface area contributed by atoms with E-state index in [1.54, 1.807) is 25.1 Å². The predicted molar refractivity (Wildman–Crippen MR) is 62.6 cm³/mol. The van der Waals surface area contributed by atoms with Crippen molar-refractivity contribution in [1.29, 1.82) is 0 Å². The molecule has 0 radical (unpaired) electrons. The number of carbonyl (C=O) groups excluding carboxylic acids is 1. The summed E-state index contributed by atoms with van der Waals surface area (Å²) in [5, 5.41) is 10.8. The first-order valence-corrected chi connectivity index (χ1v) is 5.36. The van der Waals surface area contributed by atoms with E-state index in [9.17, 15) is 14.9 Å². The molecule has 0 heterocycles. The first kappa shape index (κ1) is 13.2. The Bertz CT molecular complexity index is 417. The Balaban J connectivity index is 2.69. The zero-order valence-electron chi connectivity index (χ0n) is 9.88. The van der Waals surface area contributed by atoms with Crippen molar-refractivity contribution in [2.24, 2.45) is 5.92 Å². The van der Waals surface area contributed by atoms with Crippen LogP contribution in [-0.4, -0.2) is 18.0 Å². The van der Waals surface area contributed by atoms with Gasteiger partial charge >= 0.3 is 5.97 Å². The SMILES string of the molecule is COC(=O)C(C)CCc1ccccc1[N+](=O)[O-]. The largest absolute Gasteiger partial charge is 0.469 e. The van der Waals surface area contributed by atoms with Crippen molar-refractivity contribution in [2.45, 2.75) is 19.8 Å². The molecule has 0 saturated carbocycles. The molecule has 17 heavy (non-hydrogen) atoms. The van der Waals surface area contributed by atoms with Crippen LogP contribution in [0.15, 0.2) is 24.3 Å². The van der Waals surface area contributed by atoms with E-state index in [0.717, 1.165) is 0 Å². The van der Waals surface area contributed by atoms with Gasteiger partial charge < -0.3 is 4.74 Å². The van der Waals surface area contributed by atoms with Crippen molar-refractivity contribution in [3.05, 3.63) is 39.9 Å². The van der Waals surface area contributed by atoms with Crippen LogP contribution >= 0.6 is 0 Å². The van der Waals surface area contributed by atoms with E-state index in [-0.39, 0.29) is 17.6 Å². The predicted octanol–water partition coefficient (Wildman–Crippen LogP) is 2.34. The third kappa shape index (κ3) is 3.55. The Morgan fingerprint density at radius 1 is 1.47 bits per heavy atom. The summed E-state index contributed by atoms with van der Waals surface area (Å²) in [5.74, 6) is -0.539. The lowest BCUT2D eigenvalue weighted by molar-refractivity contribution is -0.385. The van der Waals surface area contributed by atoms with Crippen LogP contribution in [0.1, 0.15) is 18.9 Å². The summed E-state index contributed by atoms with van der Waals surface area (Å²) < 4.78 is 4.61. The van der Waals surface area contributed by atoms with Crippen LogP contribution in [0.3, 0.4) is 0 Å². The second-order valence-corrected chi connectivity index (χ2v) is 3.85. The Morgan fingerprint density at radius 3 is 2.71 bits per heavy atom. The number of hydrogen-bond donors (Lipinski definition) is 0. The lowest BCUT2D eigenvalue weighted by Gasteiger charge is -2.08. The van der Waals surface area contributed by atoms with E-state index in [0.29, 0.717) is 18.4 Å². The maximum Gasteiger partial charge on any atom is 0.308 e. The van der Waals surface area contributed by atoms with Gasteiger partial charge in [-0.3, -0.25) is 14.9 Å². The fourth-order valence-electron chi connectivity index (χ4n) is 1.59. The number of para-hydroxylation sites is 1. The monoisotopic (exact) mass is 237 g/mol. The summed E-state index contributed by atoms with van der Waals surface area (Å²) in [6.07, 6.45) is 1.03. The maximum absolute atomic E-state index is 11.2. The molecule has 0 N–H and O–H groups in total. The van der Waals surface area contributed by atoms with Crippen LogP contribution in [-0.2, 0) is 16.0 Å². The Morgan fingerprint density at radius 2 is 2.12 bits per heavy atom. The van der Waals surface area contributed by atoms with Crippen molar-refractivity contribution < 1.29 is 14.5 Å². The highest BCUT2D eigenvalue weighted by atomic mass is 16.6. The number of carbonyl (C=O) groups is 1. The molecular weight excluding hydrogens is 222 g/mol. The van der Waals surface area contributed by atoms with Crippen molar-refractivity contribution >= 4 is 11.7 Å². The van der Waals surface area contributed by atoms with Gasteiger partial charge in [-0.15, -0.1) is 0 Å². The molecular formula is C12H15NO4. The number of aryl methyl sites for hydroxylation is 1. The van der Waals surface area contributed by atoms with E-state index in [4.69, 9.17) is 0 Å². The topological polar surface area (TPSA) is 69.4 Å². The summed E-state index contributed by atoms with van der Waals surface area (Å²) >= 11 is 0. The van der Waals surface area contributed by atoms with E-state index in [1.807, 2.05) is 0 Å². The van der Waals surface area contributed by atoms with Gasteiger partial charge in [0.25, 0.3) is 5.69 Å². The first-order chi connectivity index (χ1) is 8.06. The van der Waals surface area contributed by atoms with Crippen molar-refractivity contribution in [1.82, 2.24) is 0 Å². The first-order valence-electron chi connectivity index (χ1n) is 5.36. The van der Waals surface area contributed by atoms with E-state index >= 15 is 0 Å². The molecule has 92 valence electrons. The van der Waals surface area contributed by atoms with Gasteiger partial charge in [-0.25, -0.2) is 0 Å². The summed E-state index contributed by atoms with van der Waals surface area (Å²) in [4.78, 5) is 21.6. The molecule has 0 saturated heterocycles. The number of hydrogen-bond acceptors (Lipinski definition) is 4. The summed E-state index contributed by atoms with van der Waals surface area (Å²) in [5.41, 5.74) is 0.748. The number of esters is 1. The second kappa shape index (κ2) is 5.98. The van der Waals surface area contributed by atoms with Crippen molar-refractivity contribution in [3.63, 3.8) is 0 Å². The smallest absolute Gasteiger partial charge is 0.308 e.